The van der Waals surface area contributed by atoms with E-state index < -0.39 is 21.9 Å². The molecular weight excluding hydrogens is 406 g/mol. The van der Waals surface area contributed by atoms with E-state index in [0.29, 0.717) is 24.2 Å². The van der Waals surface area contributed by atoms with Crippen molar-refractivity contribution in [1.29, 1.82) is 0 Å². The minimum absolute atomic E-state index is 0.0339. The van der Waals surface area contributed by atoms with Crippen LogP contribution in [0.5, 0.6) is 0 Å². The molecule has 162 valence electrons. The predicted octanol–water partition coefficient (Wildman–Crippen LogP) is 2.06. The van der Waals surface area contributed by atoms with Crippen LogP contribution in [0.2, 0.25) is 0 Å². The van der Waals surface area contributed by atoms with Gasteiger partial charge in [0.15, 0.2) is 6.61 Å². The lowest BCUT2D eigenvalue weighted by atomic mass is 10.1. The highest BCUT2D eigenvalue weighted by atomic mass is 32.2. The summed E-state index contributed by atoms with van der Waals surface area (Å²) in [5.74, 6) is -0.982. The van der Waals surface area contributed by atoms with Crippen molar-refractivity contribution in [1.82, 2.24) is 5.32 Å². The first-order valence-electron chi connectivity index (χ1n) is 9.69. The Kier molecular flexibility index (Phi) is 8.82. The van der Waals surface area contributed by atoms with Crippen LogP contribution in [0.25, 0.3) is 0 Å². The molecule has 0 aromatic heterocycles. The number of hydrogen-bond acceptors (Lipinski definition) is 6. The van der Waals surface area contributed by atoms with Crippen molar-refractivity contribution in [3.63, 3.8) is 0 Å². The van der Waals surface area contributed by atoms with Crippen molar-refractivity contribution in [2.45, 2.75) is 31.1 Å². The first-order valence-corrected chi connectivity index (χ1v) is 11.2. The van der Waals surface area contributed by atoms with Gasteiger partial charge in [-0.15, -0.1) is 0 Å². The monoisotopic (exact) mass is 433 g/mol. The molecule has 4 N–H and O–H groups in total. The van der Waals surface area contributed by atoms with Gasteiger partial charge in [-0.3, -0.25) is 4.79 Å². The third-order valence-electron chi connectivity index (χ3n) is 4.31. The topological polar surface area (TPSA) is 128 Å². The molecule has 1 amide bonds. The van der Waals surface area contributed by atoms with Gasteiger partial charge in [0.25, 0.3) is 5.91 Å². The van der Waals surface area contributed by atoms with Gasteiger partial charge >= 0.3 is 5.97 Å². The Bertz CT molecular complexity index is 959. The quantitative estimate of drug-likeness (QED) is 0.368. The average molecular weight is 434 g/mol. The van der Waals surface area contributed by atoms with Gasteiger partial charge in [-0.2, -0.15) is 0 Å². The van der Waals surface area contributed by atoms with E-state index >= 15 is 0 Å². The molecule has 8 nitrogen and oxygen atoms in total. The fourth-order valence-electron chi connectivity index (χ4n) is 2.67. The van der Waals surface area contributed by atoms with Crippen LogP contribution >= 0.6 is 0 Å². The Hall–Kier alpha value is -2.91. The maximum Gasteiger partial charge on any atom is 0.340 e. The molecular formula is C21H27N3O5S. The van der Waals surface area contributed by atoms with Crippen LogP contribution in [0.15, 0.2) is 53.4 Å². The number of nitrogens with two attached hydrogens (primary N) is 1. The first-order chi connectivity index (χ1) is 14.3. The second-order valence-corrected chi connectivity index (χ2v) is 8.25. The standard InChI is InChI=1S/C21H27N3O5S/c1-2-3-13-23-19-7-5-4-6-18(19)21(26)29-15-20(25)24-14-12-16-8-10-17(11-9-16)30(22,27)28/h4-11,23H,2-3,12-15H2,1H3,(H,24,25)(H2,22,27,28). The number of carbonyl (C=O) groups excluding carboxylic acids is 2. The van der Waals surface area contributed by atoms with E-state index in [-0.39, 0.29) is 11.5 Å². The zero-order chi connectivity index (χ0) is 22.0. The number of benzene rings is 2. The van der Waals surface area contributed by atoms with Crippen molar-refractivity contribution in [3.8, 4) is 0 Å². The van der Waals surface area contributed by atoms with E-state index in [4.69, 9.17) is 9.88 Å². The van der Waals surface area contributed by atoms with Gasteiger partial charge in [0.05, 0.1) is 10.5 Å². The molecule has 2 aromatic rings. The normalized spacial score (nSPS) is 11.0. The number of esters is 1. The highest BCUT2D eigenvalue weighted by molar-refractivity contribution is 7.89. The summed E-state index contributed by atoms with van der Waals surface area (Å²) in [6.07, 6.45) is 2.52. The summed E-state index contributed by atoms with van der Waals surface area (Å²) in [5.41, 5.74) is 1.91. The summed E-state index contributed by atoms with van der Waals surface area (Å²) >= 11 is 0. The van der Waals surface area contributed by atoms with Crippen LogP contribution in [0, 0.1) is 0 Å². The molecule has 2 aromatic carbocycles. The average Bonchev–Trinajstić information content (AvgIpc) is 2.72. The minimum Gasteiger partial charge on any atom is -0.452 e. The van der Waals surface area contributed by atoms with Crippen molar-refractivity contribution in [3.05, 3.63) is 59.7 Å². The zero-order valence-electron chi connectivity index (χ0n) is 16.9. The summed E-state index contributed by atoms with van der Waals surface area (Å²) in [7, 11) is -3.72. The third kappa shape index (κ3) is 7.49. The Labute approximate surface area is 176 Å². The van der Waals surface area contributed by atoms with Crippen molar-refractivity contribution >= 4 is 27.6 Å². The molecule has 0 radical (unpaired) electrons. The van der Waals surface area contributed by atoms with Crippen LogP contribution in [-0.2, 0) is 26.0 Å². The number of sulfonamides is 1. The molecule has 0 aliphatic heterocycles. The van der Waals surface area contributed by atoms with Crippen molar-refractivity contribution in [2.24, 2.45) is 5.14 Å². The Morgan fingerprint density at radius 1 is 1.03 bits per heavy atom. The van der Waals surface area contributed by atoms with E-state index in [0.717, 1.165) is 24.9 Å². The number of hydrogen-bond donors (Lipinski definition) is 3. The summed E-state index contributed by atoms with van der Waals surface area (Å²) in [6, 6.07) is 13.1. The molecule has 9 heteroatoms. The smallest absolute Gasteiger partial charge is 0.340 e. The van der Waals surface area contributed by atoms with Gasteiger partial charge in [-0.05, 0) is 42.7 Å². The van der Waals surface area contributed by atoms with E-state index in [9.17, 15) is 18.0 Å². The number of unbranched alkanes of at least 4 members (excludes halogenated alkanes) is 1. The van der Waals surface area contributed by atoms with Crippen molar-refractivity contribution in [2.75, 3.05) is 25.0 Å². The Morgan fingerprint density at radius 3 is 2.40 bits per heavy atom. The van der Waals surface area contributed by atoms with Crippen LogP contribution < -0.4 is 15.8 Å². The second kappa shape index (κ2) is 11.3. The van der Waals surface area contributed by atoms with Gasteiger partial charge in [0, 0.05) is 18.8 Å². The number of carbonyl (C=O) groups is 2. The highest BCUT2D eigenvalue weighted by Crippen LogP contribution is 2.16. The van der Waals surface area contributed by atoms with E-state index in [1.54, 1.807) is 30.3 Å². The summed E-state index contributed by atoms with van der Waals surface area (Å²) in [6.45, 7) is 2.77. The molecule has 2 rings (SSSR count). The number of amides is 1. The van der Waals surface area contributed by atoms with Gasteiger partial charge < -0.3 is 15.4 Å². The number of anilines is 1. The number of rotatable bonds is 11. The fourth-order valence-corrected chi connectivity index (χ4v) is 3.18. The van der Waals surface area contributed by atoms with Gasteiger partial charge in [-0.25, -0.2) is 18.4 Å². The third-order valence-corrected chi connectivity index (χ3v) is 5.24. The van der Waals surface area contributed by atoms with Crippen LogP contribution in [0.4, 0.5) is 5.69 Å². The molecule has 0 unspecified atom stereocenters. The lowest BCUT2D eigenvalue weighted by Crippen LogP contribution is -2.30. The maximum absolute atomic E-state index is 12.3. The van der Waals surface area contributed by atoms with E-state index in [2.05, 4.69) is 17.6 Å². The number of para-hydroxylation sites is 1. The molecule has 0 aliphatic carbocycles. The van der Waals surface area contributed by atoms with E-state index in [1.165, 1.54) is 12.1 Å². The zero-order valence-corrected chi connectivity index (χ0v) is 17.7. The van der Waals surface area contributed by atoms with Crippen LogP contribution in [0.3, 0.4) is 0 Å². The van der Waals surface area contributed by atoms with Gasteiger partial charge in [0.2, 0.25) is 10.0 Å². The predicted molar refractivity (Wildman–Crippen MR) is 115 cm³/mol. The first kappa shape index (κ1) is 23.4. The minimum atomic E-state index is -3.72. The molecule has 0 bridgehead atoms. The van der Waals surface area contributed by atoms with Crippen molar-refractivity contribution < 1.29 is 22.7 Å². The fraction of sp³-hybridized carbons (Fsp3) is 0.333. The SMILES string of the molecule is CCCCNc1ccccc1C(=O)OCC(=O)NCCc1ccc(S(N)(=O)=O)cc1. The Morgan fingerprint density at radius 2 is 1.73 bits per heavy atom. The molecule has 0 aliphatic rings. The van der Waals surface area contributed by atoms with Gasteiger partial charge in [0.1, 0.15) is 0 Å². The molecule has 0 heterocycles. The van der Waals surface area contributed by atoms with E-state index in [1.807, 2.05) is 6.07 Å². The summed E-state index contributed by atoms with van der Waals surface area (Å²) < 4.78 is 27.6. The molecule has 0 saturated carbocycles. The summed E-state index contributed by atoms with van der Waals surface area (Å²) in [5, 5.41) is 10.9. The lowest BCUT2D eigenvalue weighted by molar-refractivity contribution is -0.124. The molecule has 30 heavy (non-hydrogen) atoms. The van der Waals surface area contributed by atoms with Crippen LogP contribution in [-0.4, -0.2) is 40.0 Å². The highest BCUT2D eigenvalue weighted by Gasteiger charge is 2.14. The summed E-state index contributed by atoms with van der Waals surface area (Å²) in [4.78, 5) is 24.3. The molecule has 0 spiro atoms. The lowest BCUT2D eigenvalue weighted by Gasteiger charge is -2.11. The second-order valence-electron chi connectivity index (χ2n) is 6.69. The number of ether oxygens (including phenoxy) is 1. The van der Waals surface area contributed by atoms with Crippen LogP contribution in [0.1, 0.15) is 35.7 Å². The molecule has 0 atom stereocenters. The molecule has 0 fully saturated rings. The maximum atomic E-state index is 12.3. The van der Waals surface area contributed by atoms with Gasteiger partial charge in [-0.1, -0.05) is 37.6 Å². The number of primary sulfonamides is 1. The Balaban J connectivity index is 1.77. The largest absolute Gasteiger partial charge is 0.452 e. The molecule has 0 saturated heterocycles. The number of nitrogens with one attached hydrogen (secondary N) is 2.